The van der Waals surface area contributed by atoms with Gasteiger partial charge in [0.2, 0.25) is 0 Å². The molecule has 1 saturated carbocycles. The molecule has 0 aromatic rings. The van der Waals surface area contributed by atoms with Crippen LogP contribution in [0.3, 0.4) is 0 Å². The molecule has 2 unspecified atom stereocenters. The molecule has 19 heavy (non-hydrogen) atoms. The minimum Gasteiger partial charge on any atom is -0.308 e. The molecule has 2 nitrogen and oxygen atoms in total. The second kappa shape index (κ2) is 6.13. The molecule has 0 aromatic carbocycles. The van der Waals surface area contributed by atoms with Crippen molar-refractivity contribution in [2.45, 2.75) is 83.7 Å². The van der Waals surface area contributed by atoms with Gasteiger partial charge in [-0.2, -0.15) is 0 Å². The Morgan fingerprint density at radius 1 is 1.21 bits per heavy atom. The summed E-state index contributed by atoms with van der Waals surface area (Å²) >= 11 is 0. The van der Waals surface area contributed by atoms with Crippen LogP contribution in [-0.4, -0.2) is 35.6 Å². The Balaban J connectivity index is 2.04. The number of hydrogen-bond donors (Lipinski definition) is 1. The normalized spacial score (nSPS) is 32.8. The van der Waals surface area contributed by atoms with Crippen molar-refractivity contribution >= 4 is 0 Å². The van der Waals surface area contributed by atoms with E-state index in [-0.39, 0.29) is 0 Å². The lowest BCUT2D eigenvalue weighted by Gasteiger charge is -2.53. The topological polar surface area (TPSA) is 15.3 Å². The molecule has 2 rings (SSSR count). The monoisotopic (exact) mass is 266 g/mol. The fraction of sp³-hybridized carbons (Fsp3) is 1.00. The Kier molecular flexibility index (Phi) is 4.94. The molecule has 2 heteroatoms. The van der Waals surface area contributed by atoms with Gasteiger partial charge >= 0.3 is 0 Å². The number of nitrogens with one attached hydrogen (secondary N) is 1. The lowest BCUT2D eigenvalue weighted by Crippen LogP contribution is -2.68. The smallest absolute Gasteiger partial charge is 0.0309 e. The molecule has 1 N–H and O–H groups in total. The van der Waals surface area contributed by atoms with Crippen LogP contribution in [0.25, 0.3) is 0 Å². The lowest BCUT2D eigenvalue weighted by atomic mass is 9.84. The summed E-state index contributed by atoms with van der Waals surface area (Å²) < 4.78 is 0. The summed E-state index contributed by atoms with van der Waals surface area (Å²) in [6, 6.07) is 0. The highest BCUT2D eigenvalue weighted by Gasteiger charge is 2.45. The number of piperazine rings is 1. The van der Waals surface area contributed by atoms with Gasteiger partial charge in [-0.1, -0.05) is 40.0 Å². The van der Waals surface area contributed by atoms with Crippen LogP contribution in [0, 0.1) is 5.92 Å². The van der Waals surface area contributed by atoms with Gasteiger partial charge in [0, 0.05) is 30.7 Å². The molecular weight excluding hydrogens is 232 g/mol. The summed E-state index contributed by atoms with van der Waals surface area (Å²) in [7, 11) is 0. The van der Waals surface area contributed by atoms with Crippen molar-refractivity contribution in [3.63, 3.8) is 0 Å². The van der Waals surface area contributed by atoms with Gasteiger partial charge < -0.3 is 5.32 Å². The molecule has 1 aliphatic heterocycles. The molecule has 1 spiro atoms. The number of rotatable bonds is 5. The third-order valence-corrected chi connectivity index (χ3v) is 5.74. The first-order valence-corrected chi connectivity index (χ1v) is 8.54. The fourth-order valence-corrected chi connectivity index (χ4v) is 4.08. The molecule has 2 aliphatic rings. The largest absolute Gasteiger partial charge is 0.308 e. The molecule has 1 saturated heterocycles. The SMILES string of the molecule is CCCC(C)CN1CC2(CCCC2)NCC1(C)CC. The van der Waals surface area contributed by atoms with Crippen LogP contribution >= 0.6 is 0 Å². The van der Waals surface area contributed by atoms with E-state index in [4.69, 9.17) is 0 Å². The van der Waals surface area contributed by atoms with E-state index in [1.807, 2.05) is 0 Å². The van der Waals surface area contributed by atoms with Gasteiger partial charge in [-0.15, -0.1) is 0 Å². The molecular formula is C17H34N2. The Hall–Kier alpha value is -0.0800. The molecule has 0 bridgehead atoms. The highest BCUT2D eigenvalue weighted by molar-refractivity contribution is 5.05. The van der Waals surface area contributed by atoms with Gasteiger partial charge in [0.1, 0.15) is 0 Å². The first-order chi connectivity index (χ1) is 9.03. The molecule has 0 amide bonds. The number of nitrogens with zero attached hydrogens (tertiary/aromatic N) is 1. The van der Waals surface area contributed by atoms with Crippen LogP contribution in [0.5, 0.6) is 0 Å². The van der Waals surface area contributed by atoms with Crippen molar-refractivity contribution < 1.29 is 0 Å². The predicted octanol–water partition coefficient (Wildman–Crippen LogP) is 3.81. The van der Waals surface area contributed by atoms with Crippen LogP contribution in [0.1, 0.15) is 72.6 Å². The van der Waals surface area contributed by atoms with Crippen molar-refractivity contribution in [1.82, 2.24) is 10.2 Å². The van der Waals surface area contributed by atoms with E-state index in [2.05, 4.69) is 37.9 Å². The van der Waals surface area contributed by atoms with Crippen LogP contribution < -0.4 is 5.32 Å². The Morgan fingerprint density at radius 2 is 1.89 bits per heavy atom. The Morgan fingerprint density at radius 3 is 2.47 bits per heavy atom. The van der Waals surface area contributed by atoms with Crippen molar-refractivity contribution in [2.24, 2.45) is 5.92 Å². The molecule has 1 heterocycles. The van der Waals surface area contributed by atoms with Crippen molar-refractivity contribution in [3.05, 3.63) is 0 Å². The zero-order chi connectivity index (χ0) is 13.9. The Labute approximate surface area is 120 Å². The molecule has 112 valence electrons. The van der Waals surface area contributed by atoms with Gasteiger partial charge in [0.05, 0.1) is 0 Å². The Bertz CT molecular complexity index is 283. The first-order valence-electron chi connectivity index (χ1n) is 8.54. The fourth-order valence-electron chi connectivity index (χ4n) is 4.08. The summed E-state index contributed by atoms with van der Waals surface area (Å²) in [4.78, 5) is 2.83. The van der Waals surface area contributed by atoms with Crippen molar-refractivity contribution in [3.8, 4) is 0 Å². The standard InChI is InChI=1S/C17H34N2/c1-5-9-15(3)12-19-14-17(10-7-8-11-17)18-13-16(19,4)6-2/h15,18H,5-14H2,1-4H3. The minimum absolute atomic E-state index is 0.371. The number of hydrogen-bond acceptors (Lipinski definition) is 2. The van der Waals surface area contributed by atoms with Gasteiger partial charge in [0.25, 0.3) is 0 Å². The van der Waals surface area contributed by atoms with Crippen molar-refractivity contribution in [1.29, 1.82) is 0 Å². The molecule has 2 atom stereocenters. The maximum atomic E-state index is 3.93. The van der Waals surface area contributed by atoms with Crippen LogP contribution in [0.4, 0.5) is 0 Å². The lowest BCUT2D eigenvalue weighted by molar-refractivity contribution is 0.00383. The maximum absolute atomic E-state index is 3.93. The summed E-state index contributed by atoms with van der Waals surface area (Å²) in [6.45, 7) is 13.3. The quantitative estimate of drug-likeness (QED) is 0.814. The summed E-state index contributed by atoms with van der Waals surface area (Å²) in [6.07, 6.45) is 9.59. The predicted molar refractivity (Wildman–Crippen MR) is 83.5 cm³/mol. The van der Waals surface area contributed by atoms with Crippen LogP contribution in [0.15, 0.2) is 0 Å². The van der Waals surface area contributed by atoms with Crippen molar-refractivity contribution in [2.75, 3.05) is 19.6 Å². The summed E-state index contributed by atoms with van der Waals surface area (Å²) in [5.74, 6) is 0.840. The zero-order valence-electron chi connectivity index (χ0n) is 13.6. The third kappa shape index (κ3) is 3.33. The van der Waals surface area contributed by atoms with E-state index in [0.717, 1.165) is 5.92 Å². The minimum atomic E-state index is 0.371. The molecule has 0 radical (unpaired) electrons. The van der Waals surface area contributed by atoms with E-state index in [9.17, 15) is 0 Å². The highest BCUT2D eigenvalue weighted by atomic mass is 15.3. The van der Waals surface area contributed by atoms with E-state index >= 15 is 0 Å². The van der Waals surface area contributed by atoms with Crippen LogP contribution in [0.2, 0.25) is 0 Å². The van der Waals surface area contributed by atoms with Gasteiger partial charge in [-0.3, -0.25) is 4.90 Å². The first kappa shape index (κ1) is 15.3. The summed E-state index contributed by atoms with van der Waals surface area (Å²) in [5, 5.41) is 3.93. The maximum Gasteiger partial charge on any atom is 0.0309 e. The van der Waals surface area contributed by atoms with E-state index in [1.54, 1.807) is 0 Å². The molecule has 0 aromatic heterocycles. The van der Waals surface area contributed by atoms with E-state index in [0.29, 0.717) is 11.1 Å². The second-order valence-electron chi connectivity index (χ2n) is 7.47. The van der Waals surface area contributed by atoms with E-state index < -0.39 is 0 Å². The van der Waals surface area contributed by atoms with Gasteiger partial charge in [-0.25, -0.2) is 0 Å². The molecule has 1 aliphatic carbocycles. The molecule has 2 fully saturated rings. The summed E-state index contributed by atoms with van der Waals surface area (Å²) in [5.41, 5.74) is 0.830. The van der Waals surface area contributed by atoms with Gasteiger partial charge in [-0.05, 0) is 38.5 Å². The van der Waals surface area contributed by atoms with E-state index in [1.165, 1.54) is 64.6 Å². The average molecular weight is 266 g/mol. The third-order valence-electron chi connectivity index (χ3n) is 5.74. The zero-order valence-corrected chi connectivity index (χ0v) is 13.6. The second-order valence-corrected chi connectivity index (χ2v) is 7.47. The highest BCUT2D eigenvalue weighted by Crippen LogP contribution is 2.37. The average Bonchev–Trinajstić information content (AvgIpc) is 2.83. The van der Waals surface area contributed by atoms with Gasteiger partial charge in [0.15, 0.2) is 0 Å². The van der Waals surface area contributed by atoms with Crippen LogP contribution in [-0.2, 0) is 0 Å².